The predicted octanol–water partition coefficient (Wildman–Crippen LogP) is 2.15. The van der Waals surface area contributed by atoms with E-state index in [9.17, 15) is 9.59 Å². The fourth-order valence-corrected chi connectivity index (χ4v) is 3.18. The van der Waals surface area contributed by atoms with E-state index in [1.807, 2.05) is 0 Å². The number of aromatic nitrogens is 1. The third kappa shape index (κ3) is 2.88. The highest BCUT2D eigenvalue weighted by Crippen LogP contribution is 2.34. The van der Waals surface area contributed by atoms with Gasteiger partial charge < -0.3 is 5.11 Å². The molecule has 104 valence electrons. The Balaban J connectivity index is 2.29. The van der Waals surface area contributed by atoms with Crippen LogP contribution in [-0.4, -0.2) is 37.2 Å². The van der Waals surface area contributed by atoms with E-state index in [1.54, 1.807) is 37.5 Å². The van der Waals surface area contributed by atoms with Crippen LogP contribution in [0.25, 0.3) is 6.08 Å². The average Bonchev–Trinajstić information content (AvgIpc) is 2.68. The number of carboxylic acids is 1. The number of amides is 1. The van der Waals surface area contributed by atoms with Crippen LogP contribution in [0.2, 0.25) is 0 Å². The van der Waals surface area contributed by atoms with Gasteiger partial charge in [0.15, 0.2) is 0 Å². The van der Waals surface area contributed by atoms with Gasteiger partial charge in [-0.2, -0.15) is 0 Å². The second kappa shape index (κ2) is 6.15. The van der Waals surface area contributed by atoms with E-state index in [0.717, 1.165) is 17.3 Å². The van der Waals surface area contributed by atoms with E-state index in [4.69, 9.17) is 17.3 Å². The fourth-order valence-electron chi connectivity index (χ4n) is 1.83. The number of nitrogens with zero attached hydrogens (tertiary/aromatic N) is 2. The van der Waals surface area contributed by atoms with Gasteiger partial charge in [-0.05, 0) is 30.2 Å². The third-order valence-electron chi connectivity index (χ3n) is 2.81. The van der Waals surface area contributed by atoms with E-state index >= 15 is 0 Å². The molecule has 1 atom stereocenters. The summed E-state index contributed by atoms with van der Waals surface area (Å²) < 4.78 is 0.282. The summed E-state index contributed by atoms with van der Waals surface area (Å²) >= 11 is 6.25. The molecular formula is C13H12N2O3S2. The number of hydrogen-bond donors (Lipinski definition) is 1. The first-order valence-corrected chi connectivity index (χ1v) is 7.17. The second-order valence-corrected chi connectivity index (χ2v) is 5.77. The van der Waals surface area contributed by atoms with E-state index in [0.29, 0.717) is 11.3 Å². The molecule has 1 aromatic heterocycles. The Labute approximate surface area is 125 Å². The lowest BCUT2D eigenvalue weighted by Gasteiger charge is -2.21. The minimum Gasteiger partial charge on any atom is -0.480 e. The van der Waals surface area contributed by atoms with Crippen LogP contribution < -0.4 is 0 Å². The smallest absolute Gasteiger partial charge is 0.326 e. The molecule has 2 heterocycles. The van der Waals surface area contributed by atoms with Crippen LogP contribution in [0.3, 0.4) is 0 Å². The Morgan fingerprint density at radius 3 is 2.75 bits per heavy atom. The highest BCUT2D eigenvalue weighted by molar-refractivity contribution is 8.26. The lowest BCUT2D eigenvalue weighted by molar-refractivity contribution is -0.145. The number of aliphatic carboxylic acids is 1. The van der Waals surface area contributed by atoms with Crippen LogP contribution >= 0.6 is 24.0 Å². The van der Waals surface area contributed by atoms with Crippen LogP contribution in [0.5, 0.6) is 0 Å². The van der Waals surface area contributed by atoms with Gasteiger partial charge in [0.25, 0.3) is 5.91 Å². The molecule has 1 amide bonds. The van der Waals surface area contributed by atoms with Crippen molar-refractivity contribution in [3.05, 3.63) is 35.0 Å². The van der Waals surface area contributed by atoms with Crippen LogP contribution in [0.15, 0.2) is 29.4 Å². The molecular weight excluding hydrogens is 296 g/mol. The lowest BCUT2D eigenvalue weighted by Crippen LogP contribution is -2.43. The van der Waals surface area contributed by atoms with E-state index in [2.05, 4.69) is 4.98 Å². The monoisotopic (exact) mass is 308 g/mol. The maximum Gasteiger partial charge on any atom is 0.326 e. The molecule has 7 heteroatoms. The van der Waals surface area contributed by atoms with Gasteiger partial charge in [0.05, 0.1) is 4.91 Å². The number of carboxylic acid groups (broad SMARTS) is 1. The first kappa shape index (κ1) is 14.7. The van der Waals surface area contributed by atoms with Crippen molar-refractivity contribution in [1.29, 1.82) is 0 Å². The number of thioether (sulfide) groups is 1. The number of carbonyl (C=O) groups is 2. The first-order chi connectivity index (χ1) is 9.54. The third-order valence-corrected chi connectivity index (χ3v) is 4.14. The Hall–Kier alpha value is -1.73. The summed E-state index contributed by atoms with van der Waals surface area (Å²) in [6.07, 6.45) is 5.25. The van der Waals surface area contributed by atoms with Crippen molar-refractivity contribution < 1.29 is 14.7 Å². The summed E-state index contributed by atoms with van der Waals surface area (Å²) in [6, 6.07) is 2.62. The van der Waals surface area contributed by atoms with Crippen molar-refractivity contribution >= 4 is 46.3 Å². The highest BCUT2D eigenvalue weighted by Gasteiger charge is 2.39. The van der Waals surface area contributed by atoms with Gasteiger partial charge in [0.2, 0.25) is 0 Å². The van der Waals surface area contributed by atoms with Gasteiger partial charge in [0, 0.05) is 12.4 Å². The predicted molar refractivity (Wildman–Crippen MR) is 81.0 cm³/mol. The molecule has 1 aliphatic rings. The Morgan fingerprint density at radius 2 is 2.20 bits per heavy atom. The number of hydrogen-bond acceptors (Lipinski definition) is 5. The number of rotatable bonds is 4. The number of pyridine rings is 1. The molecule has 1 saturated heterocycles. The molecule has 1 fully saturated rings. The van der Waals surface area contributed by atoms with Gasteiger partial charge >= 0.3 is 5.97 Å². The summed E-state index contributed by atoms with van der Waals surface area (Å²) in [6.45, 7) is 1.71. The minimum atomic E-state index is -1.05. The molecule has 0 unspecified atom stereocenters. The second-order valence-electron chi connectivity index (χ2n) is 4.09. The number of carbonyl (C=O) groups excluding carboxylic acids is 1. The quantitative estimate of drug-likeness (QED) is 0.679. The van der Waals surface area contributed by atoms with Gasteiger partial charge in [-0.25, -0.2) is 4.79 Å². The minimum absolute atomic E-state index is 0.282. The normalized spacial score (nSPS) is 18.6. The highest BCUT2D eigenvalue weighted by atomic mass is 32.2. The van der Waals surface area contributed by atoms with Gasteiger partial charge in [-0.1, -0.05) is 30.9 Å². The Bertz CT molecular complexity index is 587. The van der Waals surface area contributed by atoms with Crippen LogP contribution in [-0.2, 0) is 9.59 Å². The van der Waals surface area contributed by atoms with Crippen molar-refractivity contribution in [3.63, 3.8) is 0 Å². The molecule has 0 radical (unpaired) electrons. The first-order valence-electron chi connectivity index (χ1n) is 5.94. The van der Waals surface area contributed by atoms with Crippen molar-refractivity contribution in [1.82, 2.24) is 9.88 Å². The molecule has 0 aliphatic carbocycles. The van der Waals surface area contributed by atoms with Crippen LogP contribution in [0.1, 0.15) is 18.9 Å². The van der Waals surface area contributed by atoms with E-state index in [-0.39, 0.29) is 10.2 Å². The zero-order valence-electron chi connectivity index (χ0n) is 10.6. The zero-order valence-corrected chi connectivity index (χ0v) is 12.3. The molecule has 1 aromatic rings. The van der Waals surface area contributed by atoms with Crippen molar-refractivity contribution in [2.45, 2.75) is 19.4 Å². The topological polar surface area (TPSA) is 70.5 Å². The molecule has 0 aromatic carbocycles. The van der Waals surface area contributed by atoms with Gasteiger partial charge in [0.1, 0.15) is 10.4 Å². The average molecular weight is 308 g/mol. The Kier molecular flexibility index (Phi) is 4.51. The van der Waals surface area contributed by atoms with Crippen LogP contribution in [0, 0.1) is 0 Å². The summed E-state index contributed by atoms with van der Waals surface area (Å²) in [5.74, 6) is -1.40. The standard InChI is InChI=1S/C13H12N2O3S2/c1-2-9(12(17)18)15-11(16)10(20-13(15)19)7-8-3-5-14-6-4-8/h3-7,9H,2H2,1H3,(H,17,18)/b10-7+/t9-/m1/s1. The van der Waals surface area contributed by atoms with E-state index < -0.39 is 12.0 Å². The Morgan fingerprint density at radius 1 is 1.55 bits per heavy atom. The van der Waals surface area contributed by atoms with Crippen molar-refractivity contribution in [2.75, 3.05) is 0 Å². The SMILES string of the molecule is CC[C@H](C(=O)O)N1C(=O)/C(=C\c2ccncc2)SC1=S. The van der Waals surface area contributed by atoms with Crippen LogP contribution in [0.4, 0.5) is 0 Å². The fraction of sp³-hybridized carbons (Fsp3) is 0.231. The molecule has 1 aliphatic heterocycles. The molecule has 0 bridgehead atoms. The maximum atomic E-state index is 12.3. The molecule has 20 heavy (non-hydrogen) atoms. The largest absolute Gasteiger partial charge is 0.480 e. The summed E-state index contributed by atoms with van der Waals surface area (Å²) in [7, 11) is 0. The summed E-state index contributed by atoms with van der Waals surface area (Å²) in [4.78, 5) is 29.0. The van der Waals surface area contributed by atoms with Gasteiger partial charge in [-0.15, -0.1) is 0 Å². The molecule has 0 spiro atoms. The zero-order chi connectivity index (χ0) is 14.7. The van der Waals surface area contributed by atoms with Crippen molar-refractivity contribution in [3.8, 4) is 0 Å². The lowest BCUT2D eigenvalue weighted by atomic mass is 10.2. The van der Waals surface area contributed by atoms with E-state index in [1.165, 1.54) is 4.90 Å². The van der Waals surface area contributed by atoms with Crippen molar-refractivity contribution in [2.24, 2.45) is 0 Å². The molecule has 2 rings (SSSR count). The maximum absolute atomic E-state index is 12.3. The molecule has 5 nitrogen and oxygen atoms in total. The summed E-state index contributed by atoms with van der Waals surface area (Å²) in [5, 5.41) is 9.15. The van der Waals surface area contributed by atoms with Gasteiger partial charge in [-0.3, -0.25) is 14.7 Å². The number of thiocarbonyl (C=S) groups is 1. The molecule has 0 saturated carbocycles. The molecule has 1 N–H and O–H groups in total. The summed E-state index contributed by atoms with van der Waals surface area (Å²) in [5.41, 5.74) is 0.823.